The van der Waals surface area contributed by atoms with E-state index >= 15 is 0 Å². The van der Waals surface area contributed by atoms with Gasteiger partial charge >= 0.3 is 0 Å². The van der Waals surface area contributed by atoms with Crippen molar-refractivity contribution in [1.29, 1.82) is 5.26 Å². The summed E-state index contributed by atoms with van der Waals surface area (Å²) in [7, 11) is 0. The fourth-order valence-electron chi connectivity index (χ4n) is 6.03. The number of carbonyl (C=O) groups is 1. The summed E-state index contributed by atoms with van der Waals surface area (Å²) in [6.45, 7) is 11.8. The average molecular weight is 560 g/mol. The summed E-state index contributed by atoms with van der Waals surface area (Å²) in [6.07, 6.45) is 4.01. The Bertz CT molecular complexity index is 1480. The minimum atomic E-state index is -0.592. The first-order chi connectivity index (χ1) is 19.4. The van der Waals surface area contributed by atoms with Crippen LogP contribution in [0.15, 0.2) is 29.3 Å². The number of hydrogen-bond donors (Lipinski definition) is 2. The molecular formula is C28H33N9O2S. The third-order valence-corrected chi connectivity index (χ3v) is 9.33. The number of fused-ring (bicyclic) bond motifs is 1. The maximum Gasteiger partial charge on any atom is 0.246 e. The van der Waals surface area contributed by atoms with Gasteiger partial charge in [0.1, 0.15) is 22.6 Å². The van der Waals surface area contributed by atoms with Crippen molar-refractivity contribution < 1.29 is 9.32 Å². The van der Waals surface area contributed by atoms with Gasteiger partial charge in [-0.3, -0.25) is 4.79 Å². The summed E-state index contributed by atoms with van der Waals surface area (Å²) >= 11 is 1.49. The van der Waals surface area contributed by atoms with Crippen LogP contribution >= 0.6 is 11.3 Å². The number of nitrogens with two attached hydrogens (primary N) is 1. The molecule has 1 atom stereocenters. The van der Waals surface area contributed by atoms with Gasteiger partial charge in [-0.05, 0) is 38.3 Å². The lowest BCUT2D eigenvalue weighted by atomic mass is 9.72. The van der Waals surface area contributed by atoms with E-state index in [1.807, 2.05) is 11.0 Å². The van der Waals surface area contributed by atoms with Crippen LogP contribution in [0, 0.1) is 11.3 Å². The predicted octanol–water partition coefficient (Wildman–Crippen LogP) is 2.53. The van der Waals surface area contributed by atoms with Crippen LogP contribution < -0.4 is 20.9 Å². The van der Waals surface area contributed by atoms with Gasteiger partial charge in [0, 0.05) is 74.6 Å². The number of thiophene rings is 1. The molecule has 0 radical (unpaired) electrons. The van der Waals surface area contributed by atoms with E-state index in [1.54, 1.807) is 0 Å². The molecule has 2 fully saturated rings. The molecule has 3 aromatic rings. The number of aryl methyl sites for hydroxylation is 1. The van der Waals surface area contributed by atoms with Crippen molar-refractivity contribution in [3.8, 4) is 17.6 Å². The minimum Gasteiger partial charge on any atom is -0.389 e. The highest BCUT2D eigenvalue weighted by Gasteiger charge is 2.43. The maximum absolute atomic E-state index is 12.1. The molecule has 40 heavy (non-hydrogen) atoms. The molecule has 1 aliphatic carbocycles. The van der Waals surface area contributed by atoms with E-state index in [9.17, 15) is 10.1 Å². The Balaban J connectivity index is 1.36. The smallest absolute Gasteiger partial charge is 0.246 e. The summed E-state index contributed by atoms with van der Waals surface area (Å²) < 4.78 is 5.91. The Kier molecular flexibility index (Phi) is 6.93. The summed E-state index contributed by atoms with van der Waals surface area (Å²) in [5, 5.41) is 18.2. The predicted molar refractivity (Wildman–Crippen MR) is 154 cm³/mol. The molecule has 2 saturated heterocycles. The minimum absolute atomic E-state index is 0.0396. The molecule has 11 nitrogen and oxygen atoms in total. The van der Waals surface area contributed by atoms with Crippen molar-refractivity contribution in [3.63, 3.8) is 0 Å². The molecule has 6 rings (SSSR count). The number of rotatable bonds is 5. The van der Waals surface area contributed by atoms with Crippen LogP contribution in [0.25, 0.3) is 11.5 Å². The molecule has 0 aromatic carbocycles. The lowest BCUT2D eigenvalue weighted by Crippen LogP contribution is -2.48. The zero-order chi connectivity index (χ0) is 27.9. The zero-order valence-electron chi connectivity index (χ0n) is 22.6. The number of anilines is 3. The highest BCUT2D eigenvalue weighted by molar-refractivity contribution is 7.16. The Hall–Kier alpha value is -3.95. The molecule has 12 heteroatoms. The highest BCUT2D eigenvalue weighted by Crippen LogP contribution is 2.48. The third-order valence-electron chi connectivity index (χ3n) is 8.25. The van der Waals surface area contributed by atoms with E-state index in [0.29, 0.717) is 54.2 Å². The van der Waals surface area contributed by atoms with E-state index in [-0.39, 0.29) is 5.91 Å². The average Bonchev–Trinajstić information content (AvgIpc) is 3.63. The van der Waals surface area contributed by atoms with E-state index in [0.717, 1.165) is 67.4 Å². The Morgan fingerprint density at radius 1 is 1.20 bits per heavy atom. The van der Waals surface area contributed by atoms with E-state index < -0.39 is 5.41 Å². The topological polar surface area (TPSA) is 140 Å². The number of hydrogen-bond acceptors (Lipinski definition) is 11. The second-order valence-electron chi connectivity index (χ2n) is 10.7. The Morgan fingerprint density at radius 3 is 2.70 bits per heavy atom. The SMILES string of the molecule is C=CC(=O)N1CCN(c2cc(-c3noc(C4(C)CCCc5sc(N)c(C#N)c54)n3)nc(N3CCNCC3)c2)CC1. The van der Waals surface area contributed by atoms with Gasteiger partial charge < -0.3 is 30.3 Å². The molecule has 208 valence electrons. The van der Waals surface area contributed by atoms with Crippen LogP contribution in [-0.4, -0.2) is 78.3 Å². The van der Waals surface area contributed by atoms with Crippen molar-refractivity contribution in [2.24, 2.45) is 0 Å². The lowest BCUT2D eigenvalue weighted by molar-refractivity contribution is -0.126. The van der Waals surface area contributed by atoms with Crippen molar-refractivity contribution in [1.82, 2.24) is 25.3 Å². The van der Waals surface area contributed by atoms with Crippen molar-refractivity contribution >= 4 is 33.8 Å². The third kappa shape index (κ3) is 4.59. The van der Waals surface area contributed by atoms with Crippen LogP contribution in [0.4, 0.5) is 16.5 Å². The number of aromatic nitrogens is 3. The zero-order valence-corrected chi connectivity index (χ0v) is 23.5. The first-order valence-corrected chi connectivity index (χ1v) is 14.5. The molecular weight excluding hydrogens is 526 g/mol. The van der Waals surface area contributed by atoms with Crippen molar-refractivity contribution in [2.75, 3.05) is 67.9 Å². The lowest BCUT2D eigenvalue weighted by Gasteiger charge is -2.36. The standard InChI is InChI=1S/C28H33N9O2S/c1-3-23(38)37-13-11-35(12-14-37)18-15-20(32-22(16-18)36-9-7-31-8-10-36)26-33-27(39-34-26)28(2)6-4-5-21-24(28)19(17-29)25(30)40-21/h3,15-16,31H,1,4-14,30H2,2H3. The number of nitrogen functional groups attached to an aromatic ring is 1. The Morgan fingerprint density at radius 2 is 1.98 bits per heavy atom. The molecule has 1 amide bonds. The molecule has 0 saturated carbocycles. The number of pyridine rings is 1. The molecule has 3 aliphatic rings. The van der Waals surface area contributed by atoms with Gasteiger partial charge in [0.2, 0.25) is 17.6 Å². The second kappa shape index (κ2) is 10.6. The maximum atomic E-state index is 12.1. The van der Waals surface area contributed by atoms with Gasteiger partial charge in [-0.15, -0.1) is 11.3 Å². The Labute approximate surface area is 237 Å². The number of piperazine rings is 2. The van der Waals surface area contributed by atoms with E-state index in [4.69, 9.17) is 20.2 Å². The van der Waals surface area contributed by atoms with Gasteiger partial charge in [0.05, 0.1) is 11.0 Å². The van der Waals surface area contributed by atoms with Crippen LogP contribution in [-0.2, 0) is 16.6 Å². The first-order valence-electron chi connectivity index (χ1n) is 13.7. The molecule has 0 spiro atoms. The molecule has 0 bridgehead atoms. The summed E-state index contributed by atoms with van der Waals surface area (Å²) in [6, 6.07) is 6.42. The van der Waals surface area contributed by atoms with Gasteiger partial charge in [0.15, 0.2) is 0 Å². The normalized spacial score (nSPS) is 21.1. The van der Waals surface area contributed by atoms with E-state index in [2.05, 4.69) is 45.9 Å². The summed E-state index contributed by atoms with van der Waals surface area (Å²) in [4.78, 5) is 29.4. The largest absolute Gasteiger partial charge is 0.389 e. The molecule has 1 unspecified atom stereocenters. The van der Waals surface area contributed by atoms with Crippen LogP contribution in [0.3, 0.4) is 0 Å². The molecule has 3 aromatic heterocycles. The summed E-state index contributed by atoms with van der Waals surface area (Å²) in [5.74, 6) is 1.73. The molecule has 2 aliphatic heterocycles. The fraction of sp³-hybridized carbons (Fsp3) is 0.464. The number of nitrogens with one attached hydrogen (secondary N) is 1. The van der Waals surface area contributed by atoms with Crippen LogP contribution in [0.5, 0.6) is 0 Å². The van der Waals surface area contributed by atoms with Crippen molar-refractivity contribution in [3.05, 3.63) is 46.7 Å². The van der Waals surface area contributed by atoms with Gasteiger partial charge in [-0.25, -0.2) is 4.98 Å². The van der Waals surface area contributed by atoms with E-state index in [1.165, 1.54) is 17.4 Å². The number of carbonyl (C=O) groups excluding carboxylic acids is 1. The number of nitriles is 1. The second-order valence-corrected chi connectivity index (χ2v) is 11.8. The molecule has 3 N–H and O–H groups in total. The number of nitrogens with zero attached hydrogens (tertiary/aromatic N) is 7. The van der Waals surface area contributed by atoms with Gasteiger partial charge in [-0.1, -0.05) is 11.7 Å². The summed E-state index contributed by atoms with van der Waals surface area (Å²) in [5.41, 5.74) is 8.72. The quantitative estimate of drug-likeness (QED) is 0.448. The highest BCUT2D eigenvalue weighted by atomic mass is 32.1. The van der Waals surface area contributed by atoms with Gasteiger partial charge in [-0.2, -0.15) is 10.2 Å². The molecule has 5 heterocycles. The van der Waals surface area contributed by atoms with Crippen LogP contribution in [0.1, 0.15) is 41.7 Å². The van der Waals surface area contributed by atoms with Crippen molar-refractivity contribution in [2.45, 2.75) is 31.6 Å². The number of amides is 1. The van der Waals surface area contributed by atoms with Crippen LogP contribution in [0.2, 0.25) is 0 Å². The van der Waals surface area contributed by atoms with Gasteiger partial charge in [0.25, 0.3) is 0 Å². The first kappa shape index (κ1) is 26.3. The fourth-order valence-corrected chi connectivity index (χ4v) is 7.22. The monoisotopic (exact) mass is 559 g/mol.